The van der Waals surface area contributed by atoms with Crippen molar-refractivity contribution >= 4 is 15.9 Å². The molecule has 0 radical (unpaired) electrons. The summed E-state index contributed by atoms with van der Waals surface area (Å²) in [6, 6.07) is 0. The maximum absolute atomic E-state index is 5.62. The molecule has 0 amide bonds. The van der Waals surface area contributed by atoms with E-state index in [-0.39, 0.29) is 6.29 Å². The van der Waals surface area contributed by atoms with Gasteiger partial charge in [0.15, 0.2) is 6.29 Å². The van der Waals surface area contributed by atoms with Gasteiger partial charge in [0.05, 0.1) is 6.61 Å². The minimum Gasteiger partial charge on any atom is -0.353 e. The number of unbranched alkanes of at least 4 members (excludes halogenated alkanes) is 1. The molecule has 0 spiro atoms. The molecule has 0 aromatic carbocycles. The molecule has 1 heterocycles. The zero-order chi connectivity index (χ0) is 10.8. The lowest BCUT2D eigenvalue weighted by Crippen LogP contribution is -2.22. The Labute approximate surface area is 101 Å². The zero-order valence-corrected chi connectivity index (χ0v) is 10.9. The quantitative estimate of drug-likeness (QED) is 0.402. The van der Waals surface area contributed by atoms with Gasteiger partial charge in [-0.05, 0) is 38.5 Å². The smallest absolute Gasteiger partial charge is 0.157 e. The number of alkyl halides is 1. The lowest BCUT2D eigenvalue weighted by atomic mass is 10.2. The Hall–Kier alpha value is 0.140. The molecule has 1 atom stereocenters. The number of halogens is 1. The van der Waals surface area contributed by atoms with E-state index in [1.807, 2.05) is 0 Å². The maximum atomic E-state index is 5.62. The van der Waals surface area contributed by atoms with Crippen LogP contribution >= 0.6 is 15.9 Å². The first-order valence-electron chi connectivity index (χ1n) is 5.87. The van der Waals surface area contributed by atoms with Crippen molar-refractivity contribution in [3.8, 4) is 0 Å². The highest BCUT2D eigenvalue weighted by Gasteiger charge is 2.12. The molecule has 0 aliphatic carbocycles. The van der Waals surface area contributed by atoms with E-state index in [0.717, 1.165) is 44.2 Å². The average Bonchev–Trinajstić information content (AvgIpc) is 2.29. The standard InChI is InChI=1S/C12H21BrO2/c13-9-5-2-1-3-6-10-14-12-8-4-7-11-15-12/h1-2,12H,3-11H2/b2-1-. The monoisotopic (exact) mass is 276 g/mol. The summed E-state index contributed by atoms with van der Waals surface area (Å²) in [6.07, 6.45) is 11.3. The number of allylic oxidation sites excluding steroid dienone is 2. The third-order valence-electron chi connectivity index (χ3n) is 2.40. The van der Waals surface area contributed by atoms with Gasteiger partial charge >= 0.3 is 0 Å². The molecule has 15 heavy (non-hydrogen) atoms. The molecule has 0 saturated carbocycles. The van der Waals surface area contributed by atoms with E-state index in [2.05, 4.69) is 28.1 Å². The van der Waals surface area contributed by atoms with Crippen LogP contribution in [0.5, 0.6) is 0 Å². The van der Waals surface area contributed by atoms with E-state index in [0.29, 0.717) is 0 Å². The number of hydrogen-bond acceptors (Lipinski definition) is 2. The van der Waals surface area contributed by atoms with Gasteiger partial charge in [0.2, 0.25) is 0 Å². The Bertz CT molecular complexity index is 165. The molecular weight excluding hydrogens is 256 g/mol. The number of rotatable bonds is 7. The fourth-order valence-electron chi connectivity index (χ4n) is 1.56. The van der Waals surface area contributed by atoms with Crippen molar-refractivity contribution in [2.24, 2.45) is 0 Å². The van der Waals surface area contributed by atoms with Gasteiger partial charge in [0.25, 0.3) is 0 Å². The Balaban J connectivity index is 1.87. The number of ether oxygens (including phenoxy) is 2. The minimum absolute atomic E-state index is 0.0743. The molecule has 1 aliphatic heterocycles. The van der Waals surface area contributed by atoms with E-state index >= 15 is 0 Å². The zero-order valence-electron chi connectivity index (χ0n) is 9.29. The van der Waals surface area contributed by atoms with Gasteiger partial charge in [-0.15, -0.1) is 0 Å². The summed E-state index contributed by atoms with van der Waals surface area (Å²) in [6.45, 7) is 1.69. The lowest BCUT2D eigenvalue weighted by molar-refractivity contribution is -0.162. The first kappa shape index (κ1) is 13.2. The van der Waals surface area contributed by atoms with Gasteiger partial charge in [-0.1, -0.05) is 28.1 Å². The molecule has 1 rings (SSSR count). The molecule has 1 unspecified atom stereocenters. The first-order valence-corrected chi connectivity index (χ1v) is 7.00. The second-order valence-electron chi connectivity index (χ2n) is 3.76. The van der Waals surface area contributed by atoms with Crippen LogP contribution in [0.2, 0.25) is 0 Å². The molecule has 1 aliphatic rings. The van der Waals surface area contributed by atoms with Gasteiger partial charge in [-0.3, -0.25) is 0 Å². The van der Waals surface area contributed by atoms with Crippen LogP contribution in [0.3, 0.4) is 0 Å². The van der Waals surface area contributed by atoms with Crippen LogP contribution in [0.4, 0.5) is 0 Å². The predicted molar refractivity (Wildman–Crippen MR) is 66.3 cm³/mol. The highest BCUT2D eigenvalue weighted by molar-refractivity contribution is 9.09. The molecule has 0 aromatic heterocycles. The van der Waals surface area contributed by atoms with Crippen molar-refractivity contribution < 1.29 is 9.47 Å². The van der Waals surface area contributed by atoms with E-state index < -0.39 is 0 Å². The van der Waals surface area contributed by atoms with Crippen molar-refractivity contribution in [1.29, 1.82) is 0 Å². The Morgan fingerprint density at radius 3 is 2.87 bits per heavy atom. The summed E-state index contributed by atoms with van der Waals surface area (Å²) in [4.78, 5) is 0. The number of hydrogen-bond donors (Lipinski definition) is 0. The molecule has 3 heteroatoms. The molecule has 1 fully saturated rings. The highest BCUT2D eigenvalue weighted by atomic mass is 79.9. The third-order valence-corrected chi connectivity index (χ3v) is 2.86. The largest absolute Gasteiger partial charge is 0.353 e. The lowest BCUT2D eigenvalue weighted by Gasteiger charge is -2.22. The van der Waals surface area contributed by atoms with Crippen molar-refractivity contribution in [2.75, 3.05) is 18.5 Å². The van der Waals surface area contributed by atoms with Gasteiger partial charge < -0.3 is 9.47 Å². The van der Waals surface area contributed by atoms with Crippen LogP contribution < -0.4 is 0 Å². The fourth-order valence-corrected chi connectivity index (χ4v) is 1.82. The van der Waals surface area contributed by atoms with Crippen molar-refractivity contribution in [3.05, 3.63) is 12.2 Å². The average molecular weight is 277 g/mol. The SMILES string of the molecule is BrCC/C=C\CCCOC1CCCCO1. The van der Waals surface area contributed by atoms with Gasteiger partial charge in [-0.2, -0.15) is 0 Å². The van der Waals surface area contributed by atoms with E-state index in [1.165, 1.54) is 12.8 Å². The topological polar surface area (TPSA) is 18.5 Å². The summed E-state index contributed by atoms with van der Waals surface area (Å²) in [7, 11) is 0. The van der Waals surface area contributed by atoms with Crippen molar-refractivity contribution in [2.45, 2.75) is 44.8 Å². The Morgan fingerprint density at radius 1 is 1.27 bits per heavy atom. The summed E-state index contributed by atoms with van der Waals surface area (Å²) >= 11 is 3.39. The molecule has 88 valence electrons. The van der Waals surface area contributed by atoms with Crippen molar-refractivity contribution in [3.63, 3.8) is 0 Å². The fraction of sp³-hybridized carbons (Fsp3) is 0.833. The summed E-state index contributed by atoms with van der Waals surface area (Å²) in [5.41, 5.74) is 0. The predicted octanol–water partition coefficient (Wildman–Crippen LogP) is 3.65. The maximum Gasteiger partial charge on any atom is 0.157 e. The molecule has 0 aromatic rings. The molecule has 0 bridgehead atoms. The molecular formula is C12H21BrO2. The van der Waals surface area contributed by atoms with Crippen LogP contribution in [0.25, 0.3) is 0 Å². The van der Waals surface area contributed by atoms with E-state index in [4.69, 9.17) is 9.47 Å². The van der Waals surface area contributed by atoms with Gasteiger partial charge in [0.1, 0.15) is 0 Å². The Kier molecular flexibility index (Phi) is 8.25. The summed E-state index contributed by atoms with van der Waals surface area (Å²) < 4.78 is 11.1. The minimum atomic E-state index is 0.0743. The molecule has 0 N–H and O–H groups in total. The summed E-state index contributed by atoms with van der Waals surface area (Å²) in [5, 5.41) is 1.05. The van der Waals surface area contributed by atoms with Crippen LogP contribution in [0.1, 0.15) is 38.5 Å². The Morgan fingerprint density at radius 2 is 2.13 bits per heavy atom. The van der Waals surface area contributed by atoms with Gasteiger partial charge in [-0.25, -0.2) is 0 Å². The third kappa shape index (κ3) is 7.09. The van der Waals surface area contributed by atoms with Crippen molar-refractivity contribution in [1.82, 2.24) is 0 Å². The van der Waals surface area contributed by atoms with Crippen LogP contribution in [-0.4, -0.2) is 24.8 Å². The normalized spacial score (nSPS) is 22.3. The first-order chi connectivity index (χ1) is 7.43. The van der Waals surface area contributed by atoms with Crippen LogP contribution in [0.15, 0.2) is 12.2 Å². The summed E-state index contributed by atoms with van der Waals surface area (Å²) in [5.74, 6) is 0. The van der Waals surface area contributed by atoms with Crippen LogP contribution in [0, 0.1) is 0 Å². The highest BCUT2D eigenvalue weighted by Crippen LogP contribution is 2.13. The van der Waals surface area contributed by atoms with Crippen LogP contribution in [-0.2, 0) is 9.47 Å². The van der Waals surface area contributed by atoms with Gasteiger partial charge in [0, 0.05) is 11.9 Å². The molecule has 2 nitrogen and oxygen atoms in total. The second kappa shape index (κ2) is 9.37. The van der Waals surface area contributed by atoms with E-state index in [1.54, 1.807) is 0 Å². The molecule has 1 saturated heterocycles. The second-order valence-corrected chi connectivity index (χ2v) is 4.55. The van der Waals surface area contributed by atoms with E-state index in [9.17, 15) is 0 Å².